The van der Waals surface area contributed by atoms with Crippen molar-refractivity contribution in [2.45, 2.75) is 35.1 Å². The van der Waals surface area contributed by atoms with Crippen molar-refractivity contribution in [1.29, 1.82) is 0 Å². The number of rotatable bonds is 2. The first-order chi connectivity index (χ1) is 3.31. The van der Waals surface area contributed by atoms with E-state index in [9.17, 15) is 4.79 Å². The molecular formula is C7H18O2. The van der Waals surface area contributed by atoms with Crippen LogP contribution >= 0.6 is 0 Å². The zero-order valence-electron chi connectivity index (χ0n) is 4.73. The summed E-state index contributed by atoms with van der Waals surface area (Å²) in [6, 6.07) is 0. The lowest BCUT2D eigenvalue weighted by molar-refractivity contribution is -0.142. The molecule has 0 radical (unpaired) electrons. The largest absolute Gasteiger partial charge is 0.466 e. The van der Waals surface area contributed by atoms with Gasteiger partial charge in [0.05, 0.1) is 6.61 Å². The lowest BCUT2D eigenvalue weighted by atomic mass is 10.5. The molecule has 0 amide bonds. The van der Waals surface area contributed by atoms with E-state index in [0.29, 0.717) is 13.0 Å². The van der Waals surface area contributed by atoms with Gasteiger partial charge in [0.2, 0.25) is 0 Å². The molecule has 0 aromatic heterocycles. The Labute approximate surface area is 58.2 Å². The number of carbonyl (C=O) groups is 1. The second-order valence-electron chi connectivity index (χ2n) is 1.16. The van der Waals surface area contributed by atoms with Gasteiger partial charge in [0.1, 0.15) is 0 Å². The van der Waals surface area contributed by atoms with Crippen molar-refractivity contribution in [2.75, 3.05) is 6.61 Å². The Morgan fingerprint density at radius 3 is 1.89 bits per heavy atom. The van der Waals surface area contributed by atoms with Crippen LogP contribution in [-0.4, -0.2) is 12.6 Å². The van der Waals surface area contributed by atoms with Gasteiger partial charge < -0.3 is 4.74 Å². The zero-order valence-corrected chi connectivity index (χ0v) is 4.73. The lowest BCUT2D eigenvalue weighted by Gasteiger charge is -1.93. The zero-order chi connectivity index (χ0) is 5.70. The third kappa shape index (κ3) is 11.2. The molecule has 9 heavy (non-hydrogen) atoms. The van der Waals surface area contributed by atoms with E-state index in [1.165, 1.54) is 0 Å². The standard InChI is InChI=1S/C5H10O2.2CH4/c1-3-5(6)7-4-2;;/h3-4H2,1-2H3;2*1H4. The Balaban J connectivity index is -0.000000180. The molecule has 0 spiro atoms. The van der Waals surface area contributed by atoms with Crippen LogP contribution < -0.4 is 0 Å². The monoisotopic (exact) mass is 134 g/mol. The van der Waals surface area contributed by atoms with Crippen LogP contribution in [0.2, 0.25) is 0 Å². The molecule has 0 aliphatic rings. The molecule has 0 saturated carbocycles. The number of hydrogen-bond acceptors (Lipinski definition) is 2. The van der Waals surface area contributed by atoms with Gasteiger partial charge in [0.15, 0.2) is 0 Å². The van der Waals surface area contributed by atoms with Gasteiger partial charge in [-0.3, -0.25) is 4.79 Å². The minimum absolute atomic E-state index is 0. The van der Waals surface area contributed by atoms with Crippen LogP contribution in [0.5, 0.6) is 0 Å². The van der Waals surface area contributed by atoms with Crippen molar-refractivity contribution in [3.05, 3.63) is 0 Å². The fourth-order valence-corrected chi connectivity index (χ4v) is 0.263. The van der Waals surface area contributed by atoms with Crippen LogP contribution in [0.25, 0.3) is 0 Å². The number of carbonyl (C=O) groups excluding carboxylic acids is 1. The van der Waals surface area contributed by atoms with E-state index in [2.05, 4.69) is 4.74 Å². The fraction of sp³-hybridized carbons (Fsp3) is 0.857. The second kappa shape index (κ2) is 10.5. The van der Waals surface area contributed by atoms with Crippen molar-refractivity contribution < 1.29 is 9.53 Å². The molecule has 0 unspecified atom stereocenters. The molecule has 0 saturated heterocycles. The van der Waals surface area contributed by atoms with Crippen LogP contribution in [-0.2, 0) is 9.53 Å². The first kappa shape index (κ1) is 15.8. The van der Waals surface area contributed by atoms with E-state index < -0.39 is 0 Å². The first-order valence-corrected chi connectivity index (χ1v) is 2.46. The van der Waals surface area contributed by atoms with Crippen molar-refractivity contribution in [1.82, 2.24) is 0 Å². The summed E-state index contributed by atoms with van der Waals surface area (Å²) in [5, 5.41) is 0. The summed E-state index contributed by atoms with van der Waals surface area (Å²) in [6.45, 7) is 4.07. The van der Waals surface area contributed by atoms with E-state index in [4.69, 9.17) is 0 Å². The fourth-order valence-electron chi connectivity index (χ4n) is 0.263. The van der Waals surface area contributed by atoms with Crippen molar-refractivity contribution in [3.8, 4) is 0 Å². The summed E-state index contributed by atoms with van der Waals surface area (Å²) in [5.41, 5.74) is 0. The maximum absolute atomic E-state index is 10.2. The van der Waals surface area contributed by atoms with E-state index in [0.717, 1.165) is 0 Å². The second-order valence-corrected chi connectivity index (χ2v) is 1.16. The highest BCUT2D eigenvalue weighted by Gasteiger charge is 1.91. The van der Waals surface area contributed by atoms with E-state index >= 15 is 0 Å². The third-order valence-corrected chi connectivity index (χ3v) is 0.594. The van der Waals surface area contributed by atoms with Crippen LogP contribution in [0.15, 0.2) is 0 Å². The Kier molecular flexibility index (Phi) is 18.3. The number of hydrogen-bond donors (Lipinski definition) is 0. The van der Waals surface area contributed by atoms with E-state index in [1.54, 1.807) is 13.8 Å². The summed E-state index contributed by atoms with van der Waals surface area (Å²) in [6.07, 6.45) is 0.480. The molecule has 0 aromatic carbocycles. The van der Waals surface area contributed by atoms with Crippen molar-refractivity contribution in [3.63, 3.8) is 0 Å². The quantitative estimate of drug-likeness (QED) is 0.541. The normalized spacial score (nSPS) is 6.44. The number of esters is 1. The van der Waals surface area contributed by atoms with E-state index in [1.807, 2.05) is 0 Å². The Bertz CT molecular complexity index is 59.9. The molecule has 2 heteroatoms. The van der Waals surface area contributed by atoms with Gasteiger partial charge >= 0.3 is 5.97 Å². The summed E-state index contributed by atoms with van der Waals surface area (Å²) >= 11 is 0. The predicted octanol–water partition coefficient (Wildman–Crippen LogP) is 2.23. The van der Waals surface area contributed by atoms with Crippen molar-refractivity contribution in [2.24, 2.45) is 0 Å². The molecular weight excluding hydrogens is 116 g/mol. The average Bonchev–Trinajstić information content (AvgIpc) is 1.68. The van der Waals surface area contributed by atoms with Gasteiger partial charge in [0, 0.05) is 6.42 Å². The molecule has 2 nitrogen and oxygen atoms in total. The maximum atomic E-state index is 10.2. The van der Waals surface area contributed by atoms with Crippen LogP contribution in [0.1, 0.15) is 35.1 Å². The highest BCUT2D eigenvalue weighted by Crippen LogP contribution is 1.80. The highest BCUT2D eigenvalue weighted by atomic mass is 16.5. The average molecular weight is 134 g/mol. The molecule has 0 atom stereocenters. The summed E-state index contributed by atoms with van der Waals surface area (Å²) in [5.74, 6) is -0.123. The topological polar surface area (TPSA) is 26.3 Å². The van der Waals surface area contributed by atoms with Crippen LogP contribution in [0.3, 0.4) is 0 Å². The summed E-state index contributed by atoms with van der Waals surface area (Å²) in [7, 11) is 0. The molecule has 0 bridgehead atoms. The van der Waals surface area contributed by atoms with Gasteiger partial charge in [-0.1, -0.05) is 21.8 Å². The SMILES string of the molecule is C.C.CCOC(=O)CC. The third-order valence-electron chi connectivity index (χ3n) is 0.594. The molecule has 58 valence electrons. The van der Waals surface area contributed by atoms with E-state index in [-0.39, 0.29) is 20.8 Å². The van der Waals surface area contributed by atoms with Gasteiger partial charge in [-0.05, 0) is 6.92 Å². The van der Waals surface area contributed by atoms with Gasteiger partial charge in [0.25, 0.3) is 0 Å². The molecule has 0 heterocycles. The predicted molar refractivity (Wildman–Crippen MR) is 40.4 cm³/mol. The molecule has 0 rings (SSSR count). The maximum Gasteiger partial charge on any atom is 0.305 e. The Morgan fingerprint density at radius 2 is 1.78 bits per heavy atom. The van der Waals surface area contributed by atoms with Gasteiger partial charge in [-0.15, -0.1) is 0 Å². The lowest BCUT2D eigenvalue weighted by Crippen LogP contribution is -2.00. The minimum Gasteiger partial charge on any atom is -0.466 e. The first-order valence-electron chi connectivity index (χ1n) is 2.46. The van der Waals surface area contributed by atoms with Crippen LogP contribution in [0, 0.1) is 0 Å². The molecule has 0 N–H and O–H groups in total. The Morgan fingerprint density at radius 1 is 1.33 bits per heavy atom. The van der Waals surface area contributed by atoms with Crippen LogP contribution in [0.4, 0.5) is 0 Å². The summed E-state index contributed by atoms with van der Waals surface area (Å²) in [4.78, 5) is 10.2. The molecule has 0 aromatic rings. The van der Waals surface area contributed by atoms with Gasteiger partial charge in [-0.2, -0.15) is 0 Å². The van der Waals surface area contributed by atoms with Crippen molar-refractivity contribution >= 4 is 5.97 Å². The van der Waals surface area contributed by atoms with Gasteiger partial charge in [-0.25, -0.2) is 0 Å². The minimum atomic E-state index is -0.123. The summed E-state index contributed by atoms with van der Waals surface area (Å²) < 4.78 is 4.55. The molecule has 0 fully saturated rings. The number of ether oxygens (including phenoxy) is 1. The molecule has 0 aliphatic carbocycles. The molecule has 0 aliphatic heterocycles. The highest BCUT2D eigenvalue weighted by molar-refractivity contribution is 5.68. The Hall–Kier alpha value is -0.530. The smallest absolute Gasteiger partial charge is 0.305 e.